The summed E-state index contributed by atoms with van der Waals surface area (Å²) in [6.07, 6.45) is 7.03. The van der Waals surface area contributed by atoms with Gasteiger partial charge in [-0.3, -0.25) is 4.90 Å². The van der Waals surface area contributed by atoms with Crippen molar-refractivity contribution in [3.8, 4) is 0 Å². The summed E-state index contributed by atoms with van der Waals surface area (Å²) in [5.74, 6) is 0.864. The fourth-order valence-corrected chi connectivity index (χ4v) is 4.98. The fourth-order valence-electron chi connectivity index (χ4n) is 3.25. The predicted molar refractivity (Wildman–Crippen MR) is 87.6 cm³/mol. The highest BCUT2D eigenvalue weighted by Gasteiger charge is 2.25. The van der Waals surface area contributed by atoms with Crippen LogP contribution in [0.3, 0.4) is 0 Å². The molecule has 1 saturated carbocycles. The Hall–Kier alpha value is 0.1000. The molecule has 0 aliphatic heterocycles. The average molecular weight is 345 g/mol. The van der Waals surface area contributed by atoms with Gasteiger partial charge in [0.15, 0.2) is 0 Å². The lowest BCUT2D eigenvalue weighted by Crippen LogP contribution is -2.39. The minimum atomic E-state index is 0.166. The smallest absolute Gasteiger partial charge is 0.0588 e. The maximum absolute atomic E-state index is 6.23. The lowest BCUT2D eigenvalue weighted by atomic mass is 9.88. The van der Waals surface area contributed by atoms with E-state index in [-0.39, 0.29) is 6.04 Å². The third-order valence-electron chi connectivity index (χ3n) is 4.12. The van der Waals surface area contributed by atoms with E-state index in [2.05, 4.69) is 46.2 Å². The third kappa shape index (κ3) is 4.28. The number of thiophene rings is 1. The first-order valence-corrected chi connectivity index (χ1v) is 8.95. The summed E-state index contributed by atoms with van der Waals surface area (Å²) in [5, 5.41) is 2.15. The van der Waals surface area contributed by atoms with Crippen molar-refractivity contribution in [1.82, 2.24) is 4.90 Å². The average Bonchev–Trinajstić information content (AvgIpc) is 2.76. The monoisotopic (exact) mass is 344 g/mol. The van der Waals surface area contributed by atoms with Crippen LogP contribution >= 0.6 is 27.3 Å². The van der Waals surface area contributed by atoms with Crippen LogP contribution in [0.15, 0.2) is 15.9 Å². The van der Waals surface area contributed by atoms with E-state index in [9.17, 15) is 0 Å². The highest BCUT2D eigenvalue weighted by molar-refractivity contribution is 9.10. The van der Waals surface area contributed by atoms with Crippen LogP contribution in [-0.2, 0) is 0 Å². The van der Waals surface area contributed by atoms with Crippen molar-refractivity contribution in [3.05, 3.63) is 20.8 Å². The topological polar surface area (TPSA) is 29.3 Å². The van der Waals surface area contributed by atoms with Crippen LogP contribution in [0.1, 0.15) is 49.9 Å². The lowest BCUT2D eigenvalue weighted by molar-refractivity contribution is 0.169. The van der Waals surface area contributed by atoms with Crippen LogP contribution in [-0.4, -0.2) is 24.5 Å². The molecular formula is C15H25BrN2S. The molecule has 0 bridgehead atoms. The maximum Gasteiger partial charge on any atom is 0.0588 e. The molecule has 0 spiro atoms. The number of rotatable bonds is 5. The summed E-state index contributed by atoms with van der Waals surface area (Å²) >= 11 is 5.36. The van der Waals surface area contributed by atoms with Gasteiger partial charge in [-0.05, 0) is 54.7 Å². The van der Waals surface area contributed by atoms with E-state index in [0.29, 0.717) is 6.04 Å². The number of hydrogen-bond acceptors (Lipinski definition) is 3. The second-order valence-corrected chi connectivity index (χ2v) is 7.77. The lowest BCUT2D eigenvalue weighted by Gasteiger charge is -2.34. The van der Waals surface area contributed by atoms with Gasteiger partial charge in [-0.15, -0.1) is 11.3 Å². The molecule has 1 aliphatic carbocycles. The Labute approximate surface area is 129 Å². The van der Waals surface area contributed by atoms with Crippen LogP contribution in [0.4, 0.5) is 0 Å². The molecule has 2 unspecified atom stereocenters. The minimum Gasteiger partial charge on any atom is -0.326 e. The van der Waals surface area contributed by atoms with Crippen molar-refractivity contribution in [3.63, 3.8) is 0 Å². The van der Waals surface area contributed by atoms with Crippen LogP contribution < -0.4 is 5.73 Å². The fraction of sp³-hybridized carbons (Fsp3) is 0.733. The van der Waals surface area contributed by atoms with E-state index in [4.69, 9.17) is 5.73 Å². The zero-order chi connectivity index (χ0) is 13.8. The Kier molecular flexibility index (Phi) is 5.87. The quantitative estimate of drug-likeness (QED) is 0.856. The van der Waals surface area contributed by atoms with Gasteiger partial charge in [-0.25, -0.2) is 0 Å². The molecule has 2 nitrogen and oxygen atoms in total. The predicted octanol–water partition coefficient (Wildman–Crippen LogP) is 4.41. The first-order valence-electron chi connectivity index (χ1n) is 7.27. The molecule has 2 rings (SSSR count). The van der Waals surface area contributed by atoms with Crippen LogP contribution in [0, 0.1) is 5.92 Å². The summed E-state index contributed by atoms with van der Waals surface area (Å²) in [6.45, 7) is 3.30. The molecule has 1 aromatic rings. The van der Waals surface area contributed by atoms with Crippen molar-refractivity contribution < 1.29 is 0 Å². The molecule has 4 heteroatoms. The molecule has 0 radical (unpaired) electrons. The Morgan fingerprint density at radius 3 is 2.63 bits per heavy atom. The molecule has 1 aliphatic rings. The molecule has 2 atom stereocenters. The Morgan fingerprint density at radius 2 is 2.11 bits per heavy atom. The van der Waals surface area contributed by atoms with Crippen molar-refractivity contribution >= 4 is 27.3 Å². The SMILES string of the molecule is CC(N)C(c1cc(Br)cs1)N(C)CC1CCCCC1. The van der Waals surface area contributed by atoms with E-state index in [0.717, 1.165) is 5.92 Å². The summed E-state index contributed by atoms with van der Waals surface area (Å²) < 4.78 is 1.17. The second-order valence-electron chi connectivity index (χ2n) is 5.91. The van der Waals surface area contributed by atoms with Gasteiger partial charge in [0, 0.05) is 27.3 Å². The van der Waals surface area contributed by atoms with E-state index >= 15 is 0 Å². The molecule has 108 valence electrons. The largest absolute Gasteiger partial charge is 0.326 e. The van der Waals surface area contributed by atoms with Gasteiger partial charge in [0.2, 0.25) is 0 Å². The summed E-state index contributed by atoms with van der Waals surface area (Å²) in [4.78, 5) is 3.85. The Morgan fingerprint density at radius 1 is 1.42 bits per heavy atom. The maximum atomic E-state index is 6.23. The van der Waals surface area contributed by atoms with Crippen molar-refractivity contribution in [2.24, 2.45) is 11.7 Å². The van der Waals surface area contributed by atoms with Gasteiger partial charge in [0.25, 0.3) is 0 Å². The standard InChI is InChI=1S/C15H25BrN2S/c1-11(17)15(14-8-13(16)10-19-14)18(2)9-12-6-4-3-5-7-12/h8,10-12,15H,3-7,9,17H2,1-2H3. The van der Waals surface area contributed by atoms with Gasteiger partial charge in [-0.2, -0.15) is 0 Å². The zero-order valence-corrected chi connectivity index (χ0v) is 14.3. The molecule has 0 saturated heterocycles. The molecule has 2 N–H and O–H groups in total. The highest BCUT2D eigenvalue weighted by atomic mass is 79.9. The Balaban J connectivity index is 2.01. The Bertz CT molecular complexity index is 385. The van der Waals surface area contributed by atoms with Crippen LogP contribution in [0.25, 0.3) is 0 Å². The number of nitrogens with zero attached hydrogens (tertiary/aromatic N) is 1. The first-order chi connectivity index (χ1) is 9.08. The highest BCUT2D eigenvalue weighted by Crippen LogP contribution is 2.32. The van der Waals surface area contributed by atoms with Crippen LogP contribution in [0.2, 0.25) is 0 Å². The third-order valence-corrected chi connectivity index (χ3v) is 5.89. The summed E-state index contributed by atoms with van der Waals surface area (Å²) in [7, 11) is 2.23. The van der Waals surface area contributed by atoms with E-state index < -0.39 is 0 Å². The number of halogens is 1. The van der Waals surface area contributed by atoms with E-state index in [1.807, 2.05) is 11.3 Å². The summed E-state index contributed by atoms with van der Waals surface area (Å²) in [6, 6.07) is 2.73. The molecule has 0 aromatic carbocycles. The summed E-state index contributed by atoms with van der Waals surface area (Å²) in [5.41, 5.74) is 6.23. The molecule has 1 fully saturated rings. The van der Waals surface area contributed by atoms with Crippen molar-refractivity contribution in [2.75, 3.05) is 13.6 Å². The second kappa shape index (κ2) is 7.21. The van der Waals surface area contributed by atoms with E-state index in [1.54, 1.807) is 0 Å². The molecule has 19 heavy (non-hydrogen) atoms. The molecule has 1 aromatic heterocycles. The molecule has 0 amide bonds. The van der Waals surface area contributed by atoms with Crippen molar-refractivity contribution in [2.45, 2.75) is 51.1 Å². The number of likely N-dealkylation sites (N-methyl/N-ethyl adjacent to an activating group) is 1. The van der Waals surface area contributed by atoms with Crippen LogP contribution in [0.5, 0.6) is 0 Å². The first kappa shape index (κ1) is 15.5. The minimum absolute atomic E-state index is 0.166. The zero-order valence-electron chi connectivity index (χ0n) is 11.9. The number of nitrogens with two attached hydrogens (primary N) is 1. The van der Waals surface area contributed by atoms with Gasteiger partial charge < -0.3 is 5.73 Å². The van der Waals surface area contributed by atoms with Gasteiger partial charge in [-0.1, -0.05) is 19.3 Å². The van der Waals surface area contributed by atoms with Gasteiger partial charge >= 0.3 is 0 Å². The molecular weight excluding hydrogens is 320 g/mol. The number of hydrogen-bond donors (Lipinski definition) is 1. The van der Waals surface area contributed by atoms with Gasteiger partial charge in [0.1, 0.15) is 0 Å². The normalized spacial score (nSPS) is 20.7. The van der Waals surface area contributed by atoms with Gasteiger partial charge in [0.05, 0.1) is 6.04 Å². The van der Waals surface area contributed by atoms with E-state index in [1.165, 1.54) is 48.0 Å². The van der Waals surface area contributed by atoms with Crippen molar-refractivity contribution in [1.29, 1.82) is 0 Å². The molecule has 1 heterocycles.